The van der Waals surface area contributed by atoms with E-state index in [2.05, 4.69) is 4.40 Å². The molecule has 0 saturated heterocycles. The van der Waals surface area contributed by atoms with Crippen LogP contribution in [-0.4, -0.2) is 26.1 Å². The predicted octanol–water partition coefficient (Wildman–Crippen LogP) is -1.06. The van der Waals surface area contributed by atoms with Gasteiger partial charge in [-0.25, -0.2) is 4.79 Å². The average Bonchev–Trinajstić information content (AvgIpc) is 1.61. The van der Waals surface area contributed by atoms with E-state index in [1.165, 1.54) is 0 Å². The van der Waals surface area contributed by atoms with E-state index in [-0.39, 0.29) is 0 Å². The van der Waals surface area contributed by atoms with Crippen molar-refractivity contribution >= 4 is 23.5 Å². The molecule has 0 aliphatic heterocycles. The van der Waals surface area contributed by atoms with Crippen LogP contribution >= 0.6 is 0 Å². The lowest BCUT2D eigenvalue weighted by molar-refractivity contribution is -0.128. The highest BCUT2D eigenvalue weighted by Crippen LogP contribution is 1.69. The van der Waals surface area contributed by atoms with E-state index in [1.807, 2.05) is 0 Å². The summed E-state index contributed by atoms with van der Waals surface area (Å²) in [7, 11) is 0. The number of nitrogens with zero attached hydrogens (tertiary/aromatic N) is 1. The zero-order valence-electron chi connectivity index (χ0n) is 3.60. The van der Waals surface area contributed by atoms with Crippen molar-refractivity contribution in [1.82, 2.24) is 0 Å². The van der Waals surface area contributed by atoms with Gasteiger partial charge in [-0.05, 0) is 0 Å². The molecule has 6 heteroatoms. The fraction of sp³-hybridized carbons (Fsp3) is 0. The van der Waals surface area contributed by atoms with Crippen molar-refractivity contribution in [3.63, 3.8) is 0 Å². The van der Waals surface area contributed by atoms with E-state index in [4.69, 9.17) is 5.11 Å². The molecule has 0 rings (SSSR count). The molecule has 0 radical (unpaired) electrons. The molecule has 0 aromatic heterocycles. The van der Waals surface area contributed by atoms with Crippen LogP contribution in [0.2, 0.25) is 0 Å². The van der Waals surface area contributed by atoms with Gasteiger partial charge in [-0.1, -0.05) is 0 Å². The fourth-order valence-electron chi connectivity index (χ4n) is 0.0881. The molecule has 0 aliphatic rings. The lowest BCUT2D eigenvalue weighted by atomic mass is 10.8. The van der Waals surface area contributed by atoms with Crippen LogP contribution in [0.4, 0.5) is 0 Å². The van der Waals surface area contributed by atoms with Crippen LogP contribution in [0.15, 0.2) is 4.40 Å². The second-order valence-corrected chi connectivity index (χ2v) is 1.43. The molecule has 0 heterocycles. The van der Waals surface area contributed by atoms with Gasteiger partial charge in [0.25, 0.3) is 0 Å². The Morgan fingerprint density at radius 1 is 1.88 bits per heavy atom. The normalized spacial score (nSPS) is 14.1. The van der Waals surface area contributed by atoms with Crippen molar-refractivity contribution in [1.29, 1.82) is 0 Å². The zero-order chi connectivity index (χ0) is 6.57. The molecule has 0 amide bonds. The average molecular weight is 136 g/mol. The molecule has 0 aromatic carbocycles. The third kappa shape index (κ3) is 5.25. The van der Waals surface area contributed by atoms with Crippen LogP contribution in [0, 0.1) is 0 Å². The van der Waals surface area contributed by atoms with Gasteiger partial charge in [-0.15, -0.1) is 0 Å². The standard InChI is InChI=1S/C2H3NO4S/c4-2(5)1-3-8(6)7/h1H,(H,4,5)(H,6,7)/p-1. The molecule has 46 valence electrons. The summed E-state index contributed by atoms with van der Waals surface area (Å²) in [6.45, 7) is 0. The highest BCUT2D eigenvalue weighted by Gasteiger charge is 1.82. The predicted molar refractivity (Wildman–Crippen MR) is 25.0 cm³/mol. The first-order chi connectivity index (χ1) is 3.63. The third-order valence-electron chi connectivity index (χ3n) is 0.249. The number of hydrogen-bond acceptors (Lipinski definition) is 3. The third-order valence-corrected chi connectivity index (χ3v) is 0.527. The second kappa shape index (κ2) is 3.28. The van der Waals surface area contributed by atoms with Gasteiger partial charge in [-0.2, -0.15) is 4.40 Å². The summed E-state index contributed by atoms with van der Waals surface area (Å²) in [5.41, 5.74) is 0. The number of rotatable bonds is 2. The summed E-state index contributed by atoms with van der Waals surface area (Å²) >= 11 is -2.65. The van der Waals surface area contributed by atoms with Crippen LogP contribution in [0.1, 0.15) is 0 Å². The first kappa shape index (κ1) is 7.25. The van der Waals surface area contributed by atoms with Crippen LogP contribution < -0.4 is 0 Å². The maximum atomic E-state index is 9.48. The quantitative estimate of drug-likeness (QED) is 0.387. The van der Waals surface area contributed by atoms with E-state index in [9.17, 15) is 13.6 Å². The topological polar surface area (TPSA) is 89.8 Å². The summed E-state index contributed by atoms with van der Waals surface area (Å²) in [6, 6.07) is 0. The van der Waals surface area contributed by atoms with Gasteiger partial charge in [0.15, 0.2) is 0 Å². The van der Waals surface area contributed by atoms with Crippen molar-refractivity contribution in [2.24, 2.45) is 4.40 Å². The number of carbonyl (C=O) groups is 1. The Labute approximate surface area is 47.5 Å². The minimum atomic E-state index is -2.65. The Morgan fingerprint density at radius 3 is 2.50 bits per heavy atom. The van der Waals surface area contributed by atoms with Crippen LogP contribution in [0.3, 0.4) is 0 Å². The number of aliphatic carboxylic acids is 1. The Hall–Kier alpha value is -0.750. The fourth-order valence-corrected chi connectivity index (χ4v) is 0.264. The maximum absolute atomic E-state index is 9.48. The molecule has 5 nitrogen and oxygen atoms in total. The largest absolute Gasteiger partial charge is 0.754 e. The van der Waals surface area contributed by atoms with Crippen LogP contribution in [0.5, 0.6) is 0 Å². The van der Waals surface area contributed by atoms with E-state index in [1.54, 1.807) is 0 Å². The van der Waals surface area contributed by atoms with Gasteiger partial charge in [0, 0.05) is 0 Å². The van der Waals surface area contributed by atoms with Gasteiger partial charge in [0.05, 0.1) is 11.3 Å². The van der Waals surface area contributed by atoms with Gasteiger partial charge >= 0.3 is 5.97 Å². The monoisotopic (exact) mass is 136 g/mol. The van der Waals surface area contributed by atoms with Crippen molar-refractivity contribution in [2.75, 3.05) is 0 Å². The van der Waals surface area contributed by atoms with Crippen molar-refractivity contribution in [3.05, 3.63) is 0 Å². The minimum Gasteiger partial charge on any atom is -0.754 e. The molecule has 1 unspecified atom stereocenters. The molecule has 1 atom stereocenters. The molecule has 1 N–H and O–H groups in total. The number of carboxylic acids is 1. The Morgan fingerprint density at radius 2 is 2.38 bits per heavy atom. The van der Waals surface area contributed by atoms with E-state index in [0.717, 1.165) is 0 Å². The smallest absolute Gasteiger partial charge is 0.347 e. The van der Waals surface area contributed by atoms with E-state index >= 15 is 0 Å². The number of carboxylic acid groups (broad SMARTS) is 1. The lowest BCUT2D eigenvalue weighted by Crippen LogP contribution is -1.95. The summed E-state index contributed by atoms with van der Waals surface area (Å²) in [4.78, 5) is 9.48. The first-order valence-corrected chi connectivity index (χ1v) is 2.52. The first-order valence-electron chi connectivity index (χ1n) is 1.49. The van der Waals surface area contributed by atoms with E-state index in [0.29, 0.717) is 6.21 Å². The molecule has 8 heavy (non-hydrogen) atoms. The van der Waals surface area contributed by atoms with Gasteiger partial charge < -0.3 is 9.66 Å². The van der Waals surface area contributed by atoms with Crippen LogP contribution in [0.25, 0.3) is 0 Å². The zero-order valence-corrected chi connectivity index (χ0v) is 4.42. The summed E-state index contributed by atoms with van der Waals surface area (Å²) < 4.78 is 21.4. The second-order valence-electron chi connectivity index (χ2n) is 0.790. The summed E-state index contributed by atoms with van der Waals surface area (Å²) in [6.07, 6.45) is 0.295. The highest BCUT2D eigenvalue weighted by atomic mass is 32.2. The summed E-state index contributed by atoms with van der Waals surface area (Å²) in [5.74, 6) is -1.38. The molecule has 0 aromatic rings. The lowest BCUT2D eigenvalue weighted by Gasteiger charge is -1.89. The van der Waals surface area contributed by atoms with Crippen LogP contribution in [-0.2, 0) is 16.1 Å². The minimum absolute atomic E-state index is 0.295. The molecule has 0 saturated carbocycles. The molecule has 0 spiro atoms. The van der Waals surface area contributed by atoms with Gasteiger partial charge in [-0.3, -0.25) is 4.21 Å². The van der Waals surface area contributed by atoms with Crippen molar-refractivity contribution in [3.8, 4) is 0 Å². The molecular weight excluding hydrogens is 134 g/mol. The van der Waals surface area contributed by atoms with Gasteiger partial charge in [0.2, 0.25) is 0 Å². The van der Waals surface area contributed by atoms with Crippen molar-refractivity contribution < 1.29 is 18.7 Å². The Bertz CT molecular complexity index is 125. The summed E-state index contributed by atoms with van der Waals surface area (Å²) in [5, 5.41) is 7.74. The SMILES string of the molecule is O=C(O)C=NS(=O)[O-]. The number of hydrogen-bond donors (Lipinski definition) is 1. The Kier molecular flexibility index (Phi) is 2.97. The van der Waals surface area contributed by atoms with E-state index < -0.39 is 17.2 Å². The molecular formula is C2H2NO4S-. The molecule has 0 aliphatic carbocycles. The van der Waals surface area contributed by atoms with Crippen molar-refractivity contribution in [2.45, 2.75) is 0 Å². The highest BCUT2D eigenvalue weighted by molar-refractivity contribution is 7.77. The maximum Gasteiger partial charge on any atom is 0.347 e. The Balaban J connectivity index is 3.67. The van der Waals surface area contributed by atoms with Gasteiger partial charge in [0.1, 0.15) is 6.21 Å². The molecule has 0 fully saturated rings. The molecule has 0 bridgehead atoms.